The summed E-state index contributed by atoms with van der Waals surface area (Å²) in [5, 5.41) is 2.40. The van der Waals surface area contributed by atoms with E-state index in [1.807, 2.05) is 74.2 Å². The molecule has 0 spiro atoms. The van der Waals surface area contributed by atoms with Gasteiger partial charge < -0.3 is 37.2 Å². The van der Waals surface area contributed by atoms with Crippen LogP contribution in [0.4, 0.5) is 9.59 Å². The van der Waals surface area contributed by atoms with Crippen LogP contribution in [0, 0.1) is 0 Å². The maximum atomic E-state index is 12.3. The molecule has 2 amide bonds. The summed E-state index contributed by atoms with van der Waals surface area (Å²) in [6.07, 6.45) is 18.4. The molecule has 12 heteroatoms. The van der Waals surface area contributed by atoms with E-state index < -0.39 is 5.60 Å². The maximum Gasteiger partial charge on any atom is 0.410 e. The number of carbonyl (C=O) groups is 2. The van der Waals surface area contributed by atoms with Crippen molar-refractivity contribution in [3.05, 3.63) is 108 Å². The summed E-state index contributed by atoms with van der Waals surface area (Å²) in [7, 11) is 0. The fourth-order valence-corrected chi connectivity index (χ4v) is 7.64. The molecule has 12 nitrogen and oxygen atoms in total. The number of ether oxygens (including phenoxy) is 2. The van der Waals surface area contributed by atoms with E-state index in [-0.39, 0.29) is 12.2 Å². The number of amides is 2. The monoisotopic (exact) mass is 734 g/mol. The molecule has 0 radical (unpaired) electrons. The third-order valence-corrected chi connectivity index (χ3v) is 10.2. The number of pyridine rings is 2. The Kier molecular flexibility index (Phi) is 11.1. The standard InChI is InChI=1S/C22H27N3O3.C20H23N3O3/c1-22(2,3)28-21(26)24-10-6-17(7-11-24)19-14-25(13-16-8-12-27-15-16)20-18(19)5-4-9-23-20;1-2-26-20(24)22-9-5-16(6-10-22)18-13-23(12-15-7-11-25-14-15)19-17(18)4-3-8-21-19/h4-5,8-9,12,14-15,17H,6-7,10-11,13H2,1-3H3;3-4,7-8,11,13-14,16H,2,5-6,9-10,12H2,1H3. The Morgan fingerprint density at radius 3 is 1.59 bits per heavy atom. The van der Waals surface area contributed by atoms with Gasteiger partial charge in [0.05, 0.1) is 44.7 Å². The first-order chi connectivity index (χ1) is 26.2. The van der Waals surface area contributed by atoms with E-state index in [4.69, 9.17) is 18.3 Å². The van der Waals surface area contributed by atoms with Gasteiger partial charge in [-0.1, -0.05) is 0 Å². The topological polar surface area (TPSA) is 121 Å². The van der Waals surface area contributed by atoms with Gasteiger partial charge >= 0.3 is 12.2 Å². The zero-order chi connectivity index (χ0) is 37.7. The predicted octanol–water partition coefficient (Wildman–Crippen LogP) is 8.81. The summed E-state index contributed by atoms with van der Waals surface area (Å²) in [5.41, 5.74) is 6.41. The number of piperidine rings is 2. The number of hydrogen-bond acceptors (Lipinski definition) is 8. The first-order valence-corrected chi connectivity index (χ1v) is 19.0. The number of rotatable bonds is 7. The minimum Gasteiger partial charge on any atom is -0.472 e. The molecule has 8 rings (SSSR count). The number of fused-ring (bicyclic) bond motifs is 2. The van der Waals surface area contributed by atoms with Crippen LogP contribution in [0.15, 0.2) is 95.1 Å². The van der Waals surface area contributed by atoms with Gasteiger partial charge in [-0.25, -0.2) is 19.6 Å². The Morgan fingerprint density at radius 2 is 1.19 bits per heavy atom. The molecule has 0 bridgehead atoms. The minimum atomic E-state index is -0.458. The van der Waals surface area contributed by atoms with E-state index in [1.165, 1.54) is 21.9 Å². The van der Waals surface area contributed by atoms with Gasteiger partial charge in [0.25, 0.3) is 0 Å². The molecule has 6 aromatic heterocycles. The van der Waals surface area contributed by atoms with E-state index in [0.717, 1.165) is 74.3 Å². The normalized spacial score (nSPS) is 15.7. The van der Waals surface area contributed by atoms with Crippen LogP contribution in [0.2, 0.25) is 0 Å². The van der Waals surface area contributed by atoms with E-state index in [2.05, 4.69) is 43.6 Å². The summed E-state index contributed by atoms with van der Waals surface area (Å²) in [6.45, 7) is 12.3. The Morgan fingerprint density at radius 1 is 0.722 bits per heavy atom. The van der Waals surface area contributed by atoms with Crippen molar-refractivity contribution in [1.82, 2.24) is 28.9 Å². The summed E-state index contributed by atoms with van der Waals surface area (Å²) < 4.78 is 25.4. The lowest BCUT2D eigenvalue weighted by atomic mass is 9.90. The van der Waals surface area contributed by atoms with Crippen molar-refractivity contribution in [1.29, 1.82) is 0 Å². The highest BCUT2D eigenvalue weighted by Crippen LogP contribution is 2.36. The zero-order valence-corrected chi connectivity index (χ0v) is 31.6. The van der Waals surface area contributed by atoms with Gasteiger partial charge in [-0.2, -0.15) is 0 Å². The zero-order valence-electron chi connectivity index (χ0n) is 31.6. The lowest BCUT2D eigenvalue weighted by Gasteiger charge is -2.33. The van der Waals surface area contributed by atoms with Gasteiger partial charge in [-0.3, -0.25) is 0 Å². The largest absolute Gasteiger partial charge is 0.472 e. The second-order valence-electron chi connectivity index (χ2n) is 15.1. The van der Waals surface area contributed by atoms with Crippen molar-refractivity contribution in [3.8, 4) is 0 Å². The van der Waals surface area contributed by atoms with Crippen LogP contribution in [0.5, 0.6) is 0 Å². The first-order valence-electron chi connectivity index (χ1n) is 19.0. The lowest BCUT2D eigenvalue weighted by molar-refractivity contribution is 0.0205. The molecule has 54 heavy (non-hydrogen) atoms. The Labute approximate surface area is 315 Å². The fraction of sp³-hybridized carbons (Fsp3) is 0.429. The summed E-state index contributed by atoms with van der Waals surface area (Å²) in [4.78, 5) is 37.1. The minimum absolute atomic E-state index is 0.199. The molecule has 0 aliphatic carbocycles. The van der Waals surface area contributed by atoms with Crippen LogP contribution in [-0.2, 0) is 22.6 Å². The number of carbonyl (C=O) groups excluding carboxylic acids is 2. The number of likely N-dealkylation sites (tertiary alicyclic amines) is 2. The number of aromatic nitrogens is 4. The Bertz CT molecular complexity index is 2130. The van der Waals surface area contributed by atoms with Crippen molar-refractivity contribution >= 4 is 34.3 Å². The third kappa shape index (κ3) is 8.48. The molecule has 6 aromatic rings. The Hall–Kier alpha value is -5.52. The molecular weight excluding hydrogens is 684 g/mol. The quantitative estimate of drug-likeness (QED) is 0.160. The number of hydrogen-bond donors (Lipinski definition) is 0. The molecular formula is C42H50N6O6. The van der Waals surface area contributed by atoms with Crippen molar-refractivity contribution in [2.45, 2.75) is 83.9 Å². The van der Waals surface area contributed by atoms with Gasteiger partial charge in [0.1, 0.15) is 16.9 Å². The van der Waals surface area contributed by atoms with Crippen LogP contribution in [0.1, 0.15) is 87.5 Å². The average Bonchev–Trinajstić information content (AvgIpc) is 4.01. The van der Waals surface area contributed by atoms with Crippen LogP contribution >= 0.6 is 0 Å². The molecule has 2 aliphatic rings. The van der Waals surface area contributed by atoms with E-state index in [1.54, 1.807) is 25.1 Å². The lowest BCUT2D eigenvalue weighted by Crippen LogP contribution is -2.41. The van der Waals surface area contributed by atoms with Gasteiger partial charge in [0.15, 0.2) is 0 Å². The SMILES string of the molecule is CC(C)(C)OC(=O)N1CCC(c2cn(Cc3ccoc3)c3ncccc23)CC1.CCOC(=O)N1CCC(c2cn(Cc3ccoc3)c3ncccc23)CC1. The summed E-state index contributed by atoms with van der Waals surface area (Å²) in [6, 6.07) is 12.2. The third-order valence-electron chi connectivity index (χ3n) is 10.2. The molecule has 0 unspecified atom stereocenters. The average molecular weight is 735 g/mol. The smallest absolute Gasteiger partial charge is 0.410 e. The molecule has 0 aromatic carbocycles. The van der Waals surface area contributed by atoms with Crippen LogP contribution in [-0.4, -0.2) is 79.5 Å². The van der Waals surface area contributed by atoms with Crippen LogP contribution in [0.3, 0.4) is 0 Å². The molecule has 2 saturated heterocycles. The highest BCUT2D eigenvalue weighted by Gasteiger charge is 2.30. The van der Waals surface area contributed by atoms with Gasteiger partial charge in [0.2, 0.25) is 0 Å². The summed E-state index contributed by atoms with van der Waals surface area (Å²) in [5.74, 6) is 0.842. The number of nitrogens with zero attached hydrogens (tertiary/aromatic N) is 6. The molecule has 0 N–H and O–H groups in total. The molecule has 0 atom stereocenters. The Balaban J connectivity index is 0.000000167. The van der Waals surface area contributed by atoms with Crippen LogP contribution in [0.25, 0.3) is 22.1 Å². The second-order valence-corrected chi connectivity index (χ2v) is 15.1. The van der Waals surface area contributed by atoms with E-state index in [9.17, 15) is 9.59 Å². The molecule has 0 saturated carbocycles. The predicted molar refractivity (Wildman–Crippen MR) is 205 cm³/mol. The van der Waals surface area contributed by atoms with Gasteiger partial charge in [-0.05, 0) is 113 Å². The van der Waals surface area contributed by atoms with E-state index in [0.29, 0.717) is 31.5 Å². The molecule has 8 heterocycles. The van der Waals surface area contributed by atoms with Crippen molar-refractivity contribution in [3.63, 3.8) is 0 Å². The molecule has 284 valence electrons. The van der Waals surface area contributed by atoms with Crippen molar-refractivity contribution in [2.75, 3.05) is 32.8 Å². The van der Waals surface area contributed by atoms with E-state index >= 15 is 0 Å². The maximum absolute atomic E-state index is 12.3. The number of furan rings is 2. The highest BCUT2D eigenvalue weighted by molar-refractivity contribution is 5.82. The highest BCUT2D eigenvalue weighted by atomic mass is 16.6. The fourth-order valence-electron chi connectivity index (χ4n) is 7.64. The van der Waals surface area contributed by atoms with Crippen LogP contribution < -0.4 is 0 Å². The molecule has 2 aliphatic heterocycles. The first kappa shape index (κ1) is 36.8. The molecule has 2 fully saturated rings. The van der Waals surface area contributed by atoms with Gasteiger partial charge in [0, 0.05) is 72.9 Å². The second kappa shape index (κ2) is 16.2. The van der Waals surface area contributed by atoms with Crippen molar-refractivity contribution in [2.24, 2.45) is 0 Å². The van der Waals surface area contributed by atoms with Gasteiger partial charge in [-0.15, -0.1) is 0 Å². The summed E-state index contributed by atoms with van der Waals surface area (Å²) >= 11 is 0. The van der Waals surface area contributed by atoms with Crippen molar-refractivity contribution < 1.29 is 27.9 Å².